The minimum absolute atomic E-state index is 0.145. The normalized spacial score (nSPS) is 22.4. The van der Waals surface area contributed by atoms with Gasteiger partial charge in [-0.2, -0.15) is 0 Å². The van der Waals surface area contributed by atoms with E-state index in [2.05, 4.69) is 66.2 Å². The van der Waals surface area contributed by atoms with Crippen molar-refractivity contribution in [1.82, 2.24) is 9.80 Å². The minimum atomic E-state index is 0.145. The molecule has 0 unspecified atom stereocenters. The Morgan fingerprint density at radius 1 is 1.15 bits per heavy atom. The van der Waals surface area contributed by atoms with Gasteiger partial charge in [0.25, 0.3) is 0 Å². The van der Waals surface area contributed by atoms with E-state index in [4.69, 9.17) is 4.74 Å². The molecule has 0 N–H and O–H groups in total. The molecule has 2 atom stereocenters. The van der Waals surface area contributed by atoms with E-state index in [0.29, 0.717) is 6.42 Å². The summed E-state index contributed by atoms with van der Waals surface area (Å²) in [6.45, 7) is 4.72. The van der Waals surface area contributed by atoms with Crippen LogP contribution in [0.2, 0.25) is 0 Å². The fraction of sp³-hybridized carbons (Fsp3) is 0.435. The lowest BCUT2D eigenvalue weighted by molar-refractivity contribution is -0.136. The molecule has 2 aliphatic rings. The van der Waals surface area contributed by atoms with Crippen LogP contribution in [0.15, 0.2) is 48.5 Å². The van der Waals surface area contributed by atoms with Crippen LogP contribution in [0.3, 0.4) is 0 Å². The molecule has 2 aliphatic heterocycles. The van der Waals surface area contributed by atoms with E-state index in [-0.39, 0.29) is 18.1 Å². The molecular formula is C23H28N2O2. The number of benzene rings is 2. The Hall–Kier alpha value is -2.33. The summed E-state index contributed by atoms with van der Waals surface area (Å²) in [6, 6.07) is 16.9. The van der Waals surface area contributed by atoms with Crippen LogP contribution in [0, 0.1) is 0 Å². The van der Waals surface area contributed by atoms with Crippen molar-refractivity contribution in [1.29, 1.82) is 0 Å². The molecule has 1 amide bonds. The zero-order valence-corrected chi connectivity index (χ0v) is 16.2. The molecule has 2 heterocycles. The number of fused-ring (bicyclic) bond motifs is 1. The molecule has 2 aromatic rings. The highest BCUT2D eigenvalue weighted by atomic mass is 16.5. The van der Waals surface area contributed by atoms with Gasteiger partial charge >= 0.3 is 0 Å². The lowest BCUT2D eigenvalue weighted by Gasteiger charge is -2.40. The van der Waals surface area contributed by atoms with Gasteiger partial charge < -0.3 is 14.5 Å². The Morgan fingerprint density at radius 3 is 2.78 bits per heavy atom. The van der Waals surface area contributed by atoms with Gasteiger partial charge in [0, 0.05) is 32.5 Å². The molecule has 27 heavy (non-hydrogen) atoms. The summed E-state index contributed by atoms with van der Waals surface area (Å²) in [7, 11) is 2.13. The van der Waals surface area contributed by atoms with Crippen molar-refractivity contribution in [2.75, 3.05) is 26.7 Å². The Balaban J connectivity index is 1.43. The summed E-state index contributed by atoms with van der Waals surface area (Å²) in [5.74, 6) is 1.25. The summed E-state index contributed by atoms with van der Waals surface area (Å²) in [4.78, 5) is 17.4. The number of likely N-dealkylation sites (N-methyl/N-ethyl adjacent to an activating group) is 1. The Morgan fingerprint density at radius 2 is 1.96 bits per heavy atom. The van der Waals surface area contributed by atoms with Crippen LogP contribution in [0.1, 0.15) is 36.1 Å². The number of carbonyl (C=O) groups is 1. The molecular weight excluding hydrogens is 336 g/mol. The maximum atomic E-state index is 13.0. The maximum absolute atomic E-state index is 13.0. The molecule has 0 aliphatic carbocycles. The first-order valence-electron chi connectivity index (χ1n) is 9.91. The summed E-state index contributed by atoms with van der Waals surface area (Å²) < 4.78 is 5.78. The third-order valence-electron chi connectivity index (χ3n) is 5.68. The average Bonchev–Trinajstić information content (AvgIpc) is 3.06. The van der Waals surface area contributed by atoms with Crippen LogP contribution in [0.5, 0.6) is 5.75 Å². The van der Waals surface area contributed by atoms with E-state index in [1.54, 1.807) is 0 Å². The first-order valence-corrected chi connectivity index (χ1v) is 9.91. The van der Waals surface area contributed by atoms with E-state index in [0.717, 1.165) is 38.2 Å². The molecule has 4 nitrogen and oxygen atoms in total. The molecule has 0 radical (unpaired) electrons. The van der Waals surface area contributed by atoms with E-state index in [1.807, 2.05) is 6.07 Å². The van der Waals surface area contributed by atoms with Gasteiger partial charge in [-0.05, 0) is 43.1 Å². The largest absolute Gasteiger partial charge is 0.490 e. The standard InChI is InChI=1S/C23H28N2O2/c1-17-14-20-15-18(8-10-22(20)27-17)9-11-23(26)25-13-12-24(2)16-21(25)19-6-4-3-5-7-19/h3-8,10,15,17,21H,9,11-14,16H2,1-2H3/t17-,21-/m1/s1. The topological polar surface area (TPSA) is 32.8 Å². The van der Waals surface area contributed by atoms with E-state index >= 15 is 0 Å². The fourth-order valence-electron chi connectivity index (χ4n) is 4.20. The van der Waals surface area contributed by atoms with Crippen molar-refractivity contribution >= 4 is 5.91 Å². The highest BCUT2D eigenvalue weighted by Crippen LogP contribution is 2.30. The summed E-state index contributed by atoms with van der Waals surface area (Å²) >= 11 is 0. The number of aryl methyl sites for hydroxylation is 1. The fourth-order valence-corrected chi connectivity index (χ4v) is 4.20. The van der Waals surface area contributed by atoms with Gasteiger partial charge in [-0.25, -0.2) is 0 Å². The maximum Gasteiger partial charge on any atom is 0.223 e. The van der Waals surface area contributed by atoms with Crippen LogP contribution in [0.4, 0.5) is 0 Å². The molecule has 2 aromatic carbocycles. The monoisotopic (exact) mass is 364 g/mol. The summed E-state index contributed by atoms with van der Waals surface area (Å²) in [5, 5.41) is 0. The number of rotatable bonds is 4. The summed E-state index contributed by atoms with van der Waals surface area (Å²) in [6.07, 6.45) is 2.57. The highest BCUT2D eigenvalue weighted by Gasteiger charge is 2.29. The molecule has 0 aromatic heterocycles. The number of hydrogen-bond acceptors (Lipinski definition) is 3. The number of carbonyl (C=O) groups excluding carboxylic acids is 1. The molecule has 0 saturated carbocycles. The third kappa shape index (κ3) is 4.01. The molecule has 142 valence electrons. The number of hydrogen-bond donors (Lipinski definition) is 0. The zero-order chi connectivity index (χ0) is 18.8. The zero-order valence-electron chi connectivity index (χ0n) is 16.2. The molecule has 0 spiro atoms. The van der Waals surface area contributed by atoms with Crippen molar-refractivity contribution in [3.05, 3.63) is 65.2 Å². The van der Waals surface area contributed by atoms with Crippen LogP contribution in [-0.2, 0) is 17.6 Å². The van der Waals surface area contributed by atoms with E-state index < -0.39 is 0 Å². The average molecular weight is 364 g/mol. The van der Waals surface area contributed by atoms with Gasteiger partial charge in [0.2, 0.25) is 5.91 Å². The summed E-state index contributed by atoms with van der Waals surface area (Å²) in [5.41, 5.74) is 3.72. The van der Waals surface area contributed by atoms with Crippen molar-refractivity contribution in [2.24, 2.45) is 0 Å². The third-order valence-corrected chi connectivity index (χ3v) is 5.68. The van der Waals surface area contributed by atoms with Gasteiger partial charge in [-0.3, -0.25) is 4.79 Å². The Labute approximate surface area is 161 Å². The second kappa shape index (κ2) is 7.73. The van der Waals surface area contributed by atoms with Gasteiger partial charge in [0.1, 0.15) is 11.9 Å². The number of nitrogens with zero attached hydrogens (tertiary/aromatic N) is 2. The minimum Gasteiger partial charge on any atom is -0.490 e. The van der Waals surface area contributed by atoms with Crippen molar-refractivity contribution < 1.29 is 9.53 Å². The number of piperazine rings is 1. The van der Waals surface area contributed by atoms with Gasteiger partial charge in [-0.1, -0.05) is 42.5 Å². The SMILES string of the molecule is C[C@@H]1Cc2cc(CCC(=O)N3CCN(C)C[C@@H]3c3ccccc3)ccc2O1. The van der Waals surface area contributed by atoms with Crippen molar-refractivity contribution in [3.63, 3.8) is 0 Å². The highest BCUT2D eigenvalue weighted by molar-refractivity contribution is 5.77. The Kier molecular flexibility index (Phi) is 5.17. The second-order valence-corrected chi connectivity index (χ2v) is 7.85. The van der Waals surface area contributed by atoms with Crippen LogP contribution < -0.4 is 4.74 Å². The first-order chi connectivity index (χ1) is 13.1. The van der Waals surface area contributed by atoms with Gasteiger partial charge in [-0.15, -0.1) is 0 Å². The second-order valence-electron chi connectivity index (χ2n) is 7.85. The van der Waals surface area contributed by atoms with Gasteiger partial charge in [0.05, 0.1) is 6.04 Å². The quantitative estimate of drug-likeness (QED) is 0.833. The predicted molar refractivity (Wildman–Crippen MR) is 107 cm³/mol. The van der Waals surface area contributed by atoms with Crippen LogP contribution >= 0.6 is 0 Å². The van der Waals surface area contributed by atoms with Crippen molar-refractivity contribution in [2.45, 2.75) is 38.3 Å². The van der Waals surface area contributed by atoms with E-state index in [1.165, 1.54) is 16.7 Å². The number of ether oxygens (including phenoxy) is 1. The van der Waals surface area contributed by atoms with Crippen molar-refractivity contribution in [3.8, 4) is 5.75 Å². The Bertz CT molecular complexity index is 805. The molecule has 1 saturated heterocycles. The van der Waals surface area contributed by atoms with Crippen LogP contribution in [0.25, 0.3) is 0 Å². The molecule has 0 bridgehead atoms. The van der Waals surface area contributed by atoms with E-state index in [9.17, 15) is 4.79 Å². The molecule has 1 fully saturated rings. The van der Waals surface area contributed by atoms with Crippen LogP contribution in [-0.4, -0.2) is 48.5 Å². The lowest BCUT2D eigenvalue weighted by Crippen LogP contribution is -2.49. The first kappa shape index (κ1) is 18.1. The molecule has 4 heteroatoms. The van der Waals surface area contributed by atoms with Gasteiger partial charge in [0.15, 0.2) is 0 Å². The molecule has 4 rings (SSSR count). The smallest absolute Gasteiger partial charge is 0.223 e. The predicted octanol–water partition coefficient (Wildman–Crippen LogP) is 3.46. The lowest BCUT2D eigenvalue weighted by atomic mass is 10.0. The number of amides is 1.